The minimum Gasteiger partial charge on any atom is -0.395 e. The minimum atomic E-state index is -0.218. The second-order valence-electron chi connectivity index (χ2n) is 6.42. The summed E-state index contributed by atoms with van der Waals surface area (Å²) >= 11 is 0. The topological polar surface area (TPSA) is 66.4 Å². The van der Waals surface area contributed by atoms with Crippen LogP contribution in [0.25, 0.3) is 0 Å². The molecule has 1 rings (SSSR count). The summed E-state index contributed by atoms with van der Waals surface area (Å²) in [6.45, 7) is 8.41. The lowest BCUT2D eigenvalue weighted by atomic mass is 9.74. The SMILES string of the molecule is CC(C)C(CO)NCC=C1C(=O)CC(C)(C)CC1=O. The van der Waals surface area contributed by atoms with Gasteiger partial charge in [0.05, 0.1) is 12.2 Å². The molecule has 0 bridgehead atoms. The van der Waals surface area contributed by atoms with Crippen molar-refractivity contribution in [3.05, 3.63) is 11.6 Å². The number of ketones is 2. The molecule has 1 atom stereocenters. The number of hydrogen-bond acceptors (Lipinski definition) is 4. The fraction of sp³-hybridized carbons (Fsp3) is 0.733. The fourth-order valence-corrected chi connectivity index (χ4v) is 2.33. The van der Waals surface area contributed by atoms with E-state index in [1.807, 2.05) is 27.7 Å². The van der Waals surface area contributed by atoms with Crippen molar-refractivity contribution >= 4 is 11.6 Å². The van der Waals surface area contributed by atoms with E-state index in [0.717, 1.165) is 0 Å². The highest BCUT2D eigenvalue weighted by Crippen LogP contribution is 2.33. The number of allylic oxidation sites excluding steroid dienone is 1. The second-order valence-corrected chi connectivity index (χ2v) is 6.42. The predicted molar refractivity (Wildman–Crippen MR) is 74.8 cm³/mol. The van der Waals surface area contributed by atoms with Crippen molar-refractivity contribution in [3.8, 4) is 0 Å². The fourth-order valence-electron chi connectivity index (χ4n) is 2.33. The van der Waals surface area contributed by atoms with Crippen molar-refractivity contribution in [1.82, 2.24) is 5.32 Å². The Labute approximate surface area is 115 Å². The van der Waals surface area contributed by atoms with E-state index < -0.39 is 0 Å². The zero-order chi connectivity index (χ0) is 14.6. The third kappa shape index (κ3) is 4.55. The summed E-state index contributed by atoms with van der Waals surface area (Å²) < 4.78 is 0. The maximum Gasteiger partial charge on any atom is 0.166 e. The van der Waals surface area contributed by atoms with E-state index in [1.165, 1.54) is 0 Å². The Morgan fingerprint density at radius 1 is 1.26 bits per heavy atom. The van der Waals surface area contributed by atoms with Crippen molar-refractivity contribution in [2.45, 2.75) is 46.6 Å². The number of aliphatic hydroxyl groups is 1. The van der Waals surface area contributed by atoms with Crippen LogP contribution in [0.3, 0.4) is 0 Å². The van der Waals surface area contributed by atoms with Gasteiger partial charge in [0.1, 0.15) is 0 Å². The Hall–Kier alpha value is -1.00. The van der Waals surface area contributed by atoms with E-state index in [0.29, 0.717) is 30.9 Å². The average Bonchev–Trinajstić information content (AvgIpc) is 2.25. The highest BCUT2D eigenvalue weighted by Gasteiger charge is 2.35. The molecular formula is C15H25NO3. The Bertz CT molecular complexity index is 361. The molecule has 0 heterocycles. The standard InChI is InChI=1S/C15H25NO3/c1-10(2)12(9-17)16-6-5-11-13(18)7-15(3,4)8-14(11)19/h5,10,12,16-17H,6-9H2,1-4H3. The van der Waals surface area contributed by atoms with Gasteiger partial charge in [0, 0.05) is 25.4 Å². The second kappa shape index (κ2) is 6.44. The molecule has 1 fully saturated rings. The van der Waals surface area contributed by atoms with Crippen LogP contribution in [0, 0.1) is 11.3 Å². The van der Waals surface area contributed by atoms with Gasteiger partial charge in [-0.1, -0.05) is 33.8 Å². The third-order valence-corrected chi connectivity index (χ3v) is 3.57. The van der Waals surface area contributed by atoms with Crippen LogP contribution in [0.5, 0.6) is 0 Å². The summed E-state index contributed by atoms with van der Waals surface area (Å²) in [5.74, 6) is 0.182. The Morgan fingerprint density at radius 3 is 2.21 bits per heavy atom. The lowest BCUT2D eigenvalue weighted by molar-refractivity contribution is -0.127. The van der Waals surface area contributed by atoms with Gasteiger partial charge in [0.2, 0.25) is 0 Å². The molecule has 0 aromatic heterocycles. The normalized spacial score (nSPS) is 20.8. The van der Waals surface area contributed by atoms with E-state index in [-0.39, 0.29) is 29.6 Å². The van der Waals surface area contributed by atoms with Crippen molar-refractivity contribution in [1.29, 1.82) is 0 Å². The quantitative estimate of drug-likeness (QED) is 0.585. The van der Waals surface area contributed by atoms with Crippen LogP contribution in [0.2, 0.25) is 0 Å². The number of hydrogen-bond donors (Lipinski definition) is 2. The predicted octanol–water partition coefficient (Wildman–Crippen LogP) is 1.48. The molecule has 0 aromatic rings. The van der Waals surface area contributed by atoms with Crippen LogP contribution in [-0.4, -0.2) is 35.9 Å². The van der Waals surface area contributed by atoms with E-state index in [4.69, 9.17) is 0 Å². The van der Waals surface area contributed by atoms with Crippen LogP contribution in [0.15, 0.2) is 11.6 Å². The van der Waals surface area contributed by atoms with E-state index >= 15 is 0 Å². The molecule has 0 amide bonds. The molecule has 0 aromatic carbocycles. The van der Waals surface area contributed by atoms with E-state index in [1.54, 1.807) is 6.08 Å². The van der Waals surface area contributed by atoms with Crippen LogP contribution in [0.4, 0.5) is 0 Å². The van der Waals surface area contributed by atoms with Gasteiger partial charge in [-0.25, -0.2) is 0 Å². The number of Topliss-reactive ketones (excluding diaryl/α,β-unsaturated/α-hetero) is 2. The summed E-state index contributed by atoms with van der Waals surface area (Å²) in [5, 5.41) is 12.3. The summed E-state index contributed by atoms with van der Waals surface area (Å²) in [5.41, 5.74) is 0.108. The molecule has 0 radical (unpaired) electrons. The number of aliphatic hydroxyl groups excluding tert-OH is 1. The summed E-state index contributed by atoms with van der Waals surface area (Å²) in [6, 6.07) is -0.0120. The maximum atomic E-state index is 11.9. The molecule has 0 aliphatic heterocycles. The van der Waals surface area contributed by atoms with Crippen molar-refractivity contribution in [2.24, 2.45) is 11.3 Å². The molecular weight excluding hydrogens is 242 g/mol. The van der Waals surface area contributed by atoms with E-state index in [9.17, 15) is 14.7 Å². The van der Waals surface area contributed by atoms with Gasteiger partial charge in [-0.3, -0.25) is 9.59 Å². The summed E-state index contributed by atoms with van der Waals surface area (Å²) in [4.78, 5) is 23.9. The molecule has 1 unspecified atom stereocenters. The minimum absolute atomic E-state index is 0.0120. The molecule has 4 nitrogen and oxygen atoms in total. The lowest BCUT2D eigenvalue weighted by Gasteiger charge is -2.28. The molecule has 0 saturated heterocycles. The zero-order valence-corrected chi connectivity index (χ0v) is 12.3. The number of carbonyl (C=O) groups is 2. The first-order chi connectivity index (χ1) is 8.76. The van der Waals surface area contributed by atoms with Crippen molar-refractivity contribution < 1.29 is 14.7 Å². The lowest BCUT2D eigenvalue weighted by Crippen LogP contribution is -2.38. The maximum absolute atomic E-state index is 11.9. The van der Waals surface area contributed by atoms with Gasteiger partial charge in [-0.15, -0.1) is 0 Å². The summed E-state index contributed by atoms with van der Waals surface area (Å²) in [6.07, 6.45) is 2.53. The van der Waals surface area contributed by atoms with E-state index in [2.05, 4.69) is 5.32 Å². The first-order valence-electron chi connectivity index (χ1n) is 6.87. The Kier molecular flexibility index (Phi) is 5.44. The van der Waals surface area contributed by atoms with Gasteiger partial charge in [-0.05, 0) is 11.3 Å². The molecule has 108 valence electrons. The van der Waals surface area contributed by atoms with Gasteiger partial charge >= 0.3 is 0 Å². The molecule has 1 aliphatic rings. The van der Waals surface area contributed by atoms with Gasteiger partial charge in [-0.2, -0.15) is 0 Å². The molecule has 4 heteroatoms. The molecule has 2 N–H and O–H groups in total. The first-order valence-corrected chi connectivity index (χ1v) is 6.87. The molecule has 19 heavy (non-hydrogen) atoms. The van der Waals surface area contributed by atoms with Crippen LogP contribution in [0.1, 0.15) is 40.5 Å². The van der Waals surface area contributed by atoms with Crippen LogP contribution < -0.4 is 5.32 Å². The van der Waals surface area contributed by atoms with Crippen LogP contribution in [-0.2, 0) is 9.59 Å². The molecule has 1 aliphatic carbocycles. The highest BCUT2D eigenvalue weighted by molar-refractivity contribution is 6.22. The van der Waals surface area contributed by atoms with Gasteiger partial charge in [0.15, 0.2) is 11.6 Å². The highest BCUT2D eigenvalue weighted by atomic mass is 16.3. The van der Waals surface area contributed by atoms with Gasteiger partial charge < -0.3 is 10.4 Å². The smallest absolute Gasteiger partial charge is 0.166 e. The van der Waals surface area contributed by atoms with Crippen molar-refractivity contribution in [3.63, 3.8) is 0 Å². The van der Waals surface area contributed by atoms with Gasteiger partial charge in [0.25, 0.3) is 0 Å². The first kappa shape index (κ1) is 16.1. The number of rotatable bonds is 5. The number of nitrogens with one attached hydrogen (secondary N) is 1. The third-order valence-electron chi connectivity index (χ3n) is 3.57. The Morgan fingerprint density at radius 2 is 1.79 bits per heavy atom. The molecule has 0 spiro atoms. The van der Waals surface area contributed by atoms with Crippen LogP contribution >= 0.6 is 0 Å². The monoisotopic (exact) mass is 267 g/mol. The Balaban J connectivity index is 2.62. The zero-order valence-electron chi connectivity index (χ0n) is 12.3. The molecule has 1 saturated carbocycles. The summed E-state index contributed by atoms with van der Waals surface area (Å²) in [7, 11) is 0. The number of carbonyl (C=O) groups excluding carboxylic acids is 2. The average molecular weight is 267 g/mol. The van der Waals surface area contributed by atoms with Crippen molar-refractivity contribution in [2.75, 3.05) is 13.2 Å². The largest absolute Gasteiger partial charge is 0.395 e.